The fourth-order valence-electron chi connectivity index (χ4n) is 1.66. The molecule has 0 aliphatic heterocycles. The Bertz CT molecular complexity index is 634. The summed E-state index contributed by atoms with van der Waals surface area (Å²) in [5, 5.41) is 14.4. The van der Waals surface area contributed by atoms with E-state index in [1.54, 1.807) is 19.2 Å². The standard InChI is InChI=1S/C13H14N4O3S/c1-3-14-12-11(20-2)13(16-8-15-12)21-10-6-4-9(5-7-10)17(18)19/h4-8H,3H2,1-2H3,(H,14,15,16). The molecule has 0 aliphatic carbocycles. The average Bonchev–Trinajstić information content (AvgIpc) is 2.48. The van der Waals surface area contributed by atoms with Gasteiger partial charge in [0.25, 0.3) is 5.69 Å². The minimum Gasteiger partial charge on any atom is -0.490 e. The molecule has 0 saturated carbocycles. The van der Waals surface area contributed by atoms with E-state index in [4.69, 9.17) is 4.74 Å². The number of nitro groups is 1. The van der Waals surface area contributed by atoms with Gasteiger partial charge in [0.05, 0.1) is 12.0 Å². The van der Waals surface area contributed by atoms with E-state index in [2.05, 4.69) is 15.3 Å². The van der Waals surface area contributed by atoms with Crippen LogP contribution < -0.4 is 10.1 Å². The van der Waals surface area contributed by atoms with Crippen molar-refractivity contribution in [2.45, 2.75) is 16.8 Å². The van der Waals surface area contributed by atoms with Crippen molar-refractivity contribution in [1.82, 2.24) is 9.97 Å². The molecule has 0 unspecified atom stereocenters. The van der Waals surface area contributed by atoms with Gasteiger partial charge in [0, 0.05) is 23.6 Å². The van der Waals surface area contributed by atoms with E-state index in [9.17, 15) is 10.1 Å². The van der Waals surface area contributed by atoms with Crippen LogP contribution >= 0.6 is 11.8 Å². The molecule has 110 valence electrons. The molecule has 0 amide bonds. The first-order valence-corrected chi connectivity index (χ1v) is 7.02. The van der Waals surface area contributed by atoms with Crippen LogP contribution in [0.3, 0.4) is 0 Å². The van der Waals surface area contributed by atoms with Crippen molar-refractivity contribution in [2.24, 2.45) is 0 Å². The van der Waals surface area contributed by atoms with Crippen LogP contribution in [0.1, 0.15) is 6.92 Å². The number of benzene rings is 1. The molecule has 2 aromatic rings. The van der Waals surface area contributed by atoms with E-state index in [-0.39, 0.29) is 5.69 Å². The molecule has 0 bridgehead atoms. The lowest BCUT2D eigenvalue weighted by molar-refractivity contribution is -0.384. The van der Waals surface area contributed by atoms with Gasteiger partial charge in [0.15, 0.2) is 11.6 Å². The molecular formula is C13H14N4O3S. The second-order valence-electron chi connectivity index (χ2n) is 3.94. The van der Waals surface area contributed by atoms with Crippen molar-refractivity contribution in [2.75, 3.05) is 19.0 Å². The number of aromatic nitrogens is 2. The van der Waals surface area contributed by atoms with Gasteiger partial charge in [-0.15, -0.1) is 0 Å². The Morgan fingerprint density at radius 2 is 2.05 bits per heavy atom. The Morgan fingerprint density at radius 3 is 2.62 bits per heavy atom. The quantitative estimate of drug-likeness (QED) is 0.498. The molecule has 2 rings (SSSR count). The molecule has 1 N–H and O–H groups in total. The number of ether oxygens (including phenoxy) is 1. The number of methoxy groups -OCH3 is 1. The predicted octanol–water partition coefficient (Wildman–Crippen LogP) is 2.98. The SMILES string of the molecule is CCNc1ncnc(Sc2ccc([N+](=O)[O-])cc2)c1OC. The summed E-state index contributed by atoms with van der Waals surface area (Å²) < 4.78 is 5.35. The van der Waals surface area contributed by atoms with Crippen LogP contribution in [-0.4, -0.2) is 28.5 Å². The van der Waals surface area contributed by atoms with E-state index in [0.29, 0.717) is 16.6 Å². The fourth-order valence-corrected chi connectivity index (χ4v) is 2.52. The minimum atomic E-state index is -0.428. The maximum Gasteiger partial charge on any atom is 0.269 e. The third-order valence-electron chi connectivity index (χ3n) is 2.58. The van der Waals surface area contributed by atoms with Gasteiger partial charge >= 0.3 is 0 Å². The first-order valence-electron chi connectivity index (χ1n) is 6.21. The highest BCUT2D eigenvalue weighted by molar-refractivity contribution is 7.99. The largest absolute Gasteiger partial charge is 0.490 e. The third-order valence-corrected chi connectivity index (χ3v) is 3.57. The van der Waals surface area contributed by atoms with Gasteiger partial charge < -0.3 is 10.1 Å². The van der Waals surface area contributed by atoms with Gasteiger partial charge in [0.1, 0.15) is 11.4 Å². The van der Waals surface area contributed by atoms with Gasteiger partial charge in [-0.25, -0.2) is 9.97 Å². The van der Waals surface area contributed by atoms with Crippen LogP contribution in [0.15, 0.2) is 40.5 Å². The van der Waals surface area contributed by atoms with E-state index >= 15 is 0 Å². The van der Waals surface area contributed by atoms with Crippen LogP contribution in [0.25, 0.3) is 0 Å². The van der Waals surface area contributed by atoms with Gasteiger partial charge in [-0.2, -0.15) is 0 Å². The molecule has 0 spiro atoms. The van der Waals surface area contributed by atoms with Crippen LogP contribution in [0.4, 0.5) is 11.5 Å². The second kappa shape index (κ2) is 6.89. The van der Waals surface area contributed by atoms with Crippen LogP contribution in [0.2, 0.25) is 0 Å². The molecule has 7 nitrogen and oxygen atoms in total. The molecule has 21 heavy (non-hydrogen) atoms. The number of non-ortho nitro benzene ring substituents is 1. The molecule has 1 aromatic heterocycles. The Kier molecular flexibility index (Phi) is 4.94. The summed E-state index contributed by atoms with van der Waals surface area (Å²) in [4.78, 5) is 19.4. The number of rotatable bonds is 6. The zero-order chi connectivity index (χ0) is 15.2. The number of hydrogen-bond acceptors (Lipinski definition) is 7. The fraction of sp³-hybridized carbons (Fsp3) is 0.231. The maximum absolute atomic E-state index is 10.6. The number of hydrogen-bond donors (Lipinski definition) is 1. The summed E-state index contributed by atoms with van der Waals surface area (Å²) in [5.74, 6) is 1.18. The highest BCUT2D eigenvalue weighted by atomic mass is 32.2. The summed E-state index contributed by atoms with van der Waals surface area (Å²) >= 11 is 1.36. The zero-order valence-corrected chi connectivity index (χ0v) is 12.4. The van der Waals surface area contributed by atoms with Gasteiger partial charge in [0.2, 0.25) is 0 Å². The normalized spacial score (nSPS) is 10.2. The van der Waals surface area contributed by atoms with E-state index in [1.165, 1.54) is 30.2 Å². The van der Waals surface area contributed by atoms with Crippen LogP contribution in [-0.2, 0) is 0 Å². The highest BCUT2D eigenvalue weighted by Crippen LogP contribution is 2.36. The van der Waals surface area contributed by atoms with Crippen LogP contribution in [0, 0.1) is 10.1 Å². The van der Waals surface area contributed by atoms with E-state index in [0.717, 1.165) is 11.4 Å². The molecule has 0 saturated heterocycles. The van der Waals surface area contributed by atoms with Crippen molar-refractivity contribution in [3.8, 4) is 5.75 Å². The summed E-state index contributed by atoms with van der Waals surface area (Å²) in [6.45, 7) is 2.68. The lowest BCUT2D eigenvalue weighted by Crippen LogP contribution is -2.03. The Hall–Kier alpha value is -2.35. The number of anilines is 1. The molecule has 0 fully saturated rings. The molecule has 1 heterocycles. The Morgan fingerprint density at radius 1 is 1.33 bits per heavy atom. The van der Waals surface area contributed by atoms with Gasteiger partial charge in [-0.3, -0.25) is 10.1 Å². The second-order valence-corrected chi connectivity index (χ2v) is 5.01. The molecule has 8 heteroatoms. The summed E-state index contributed by atoms with van der Waals surface area (Å²) in [5.41, 5.74) is 0.0577. The highest BCUT2D eigenvalue weighted by Gasteiger charge is 2.13. The Labute approximate surface area is 125 Å². The predicted molar refractivity (Wildman–Crippen MR) is 80.0 cm³/mol. The van der Waals surface area contributed by atoms with Crippen molar-refractivity contribution in [1.29, 1.82) is 0 Å². The first-order chi connectivity index (χ1) is 10.2. The smallest absolute Gasteiger partial charge is 0.269 e. The van der Waals surface area contributed by atoms with Crippen molar-refractivity contribution < 1.29 is 9.66 Å². The Balaban J connectivity index is 2.26. The lowest BCUT2D eigenvalue weighted by Gasteiger charge is -2.11. The summed E-state index contributed by atoms with van der Waals surface area (Å²) in [6.07, 6.45) is 1.45. The van der Waals surface area contributed by atoms with Gasteiger partial charge in [-0.05, 0) is 19.1 Å². The van der Waals surface area contributed by atoms with Crippen molar-refractivity contribution >= 4 is 23.3 Å². The van der Waals surface area contributed by atoms with E-state index in [1.807, 2.05) is 6.92 Å². The number of nitrogens with zero attached hydrogens (tertiary/aromatic N) is 3. The monoisotopic (exact) mass is 306 g/mol. The maximum atomic E-state index is 10.6. The van der Waals surface area contributed by atoms with E-state index < -0.39 is 4.92 Å². The zero-order valence-electron chi connectivity index (χ0n) is 11.6. The molecular weight excluding hydrogens is 292 g/mol. The third kappa shape index (κ3) is 3.60. The summed E-state index contributed by atoms with van der Waals surface area (Å²) in [7, 11) is 1.55. The molecule has 1 aromatic carbocycles. The number of nitro benzene ring substituents is 1. The summed E-state index contributed by atoms with van der Waals surface area (Å²) in [6, 6.07) is 6.27. The van der Waals surface area contributed by atoms with Crippen LogP contribution in [0.5, 0.6) is 5.75 Å². The van der Waals surface area contributed by atoms with Gasteiger partial charge in [-0.1, -0.05) is 11.8 Å². The molecule has 0 aliphatic rings. The molecule has 0 atom stereocenters. The van der Waals surface area contributed by atoms with Crippen molar-refractivity contribution in [3.05, 3.63) is 40.7 Å². The minimum absolute atomic E-state index is 0.0577. The number of nitrogens with one attached hydrogen (secondary N) is 1. The van der Waals surface area contributed by atoms with Crippen molar-refractivity contribution in [3.63, 3.8) is 0 Å². The first kappa shape index (κ1) is 15.0. The topological polar surface area (TPSA) is 90.2 Å². The average molecular weight is 306 g/mol. The molecule has 0 radical (unpaired) electrons. The lowest BCUT2D eigenvalue weighted by atomic mass is 10.3.